The molecule has 0 radical (unpaired) electrons. The summed E-state index contributed by atoms with van der Waals surface area (Å²) in [5, 5.41) is 8.50. The highest BCUT2D eigenvalue weighted by Crippen LogP contribution is 2.45. The molecule has 2 bridgehead atoms. The van der Waals surface area contributed by atoms with Gasteiger partial charge >= 0.3 is 5.97 Å². The van der Waals surface area contributed by atoms with Crippen LogP contribution in [0.1, 0.15) is 25.7 Å². The number of carboxylic acids is 1. The van der Waals surface area contributed by atoms with Gasteiger partial charge in [0.1, 0.15) is 0 Å². The molecule has 2 heterocycles. The van der Waals surface area contributed by atoms with Crippen molar-refractivity contribution in [2.75, 3.05) is 13.7 Å². The van der Waals surface area contributed by atoms with Crippen molar-refractivity contribution in [2.45, 2.75) is 37.9 Å². The molecule has 2 saturated heterocycles. The van der Waals surface area contributed by atoms with Gasteiger partial charge in [-0.05, 0) is 25.2 Å². The summed E-state index contributed by atoms with van der Waals surface area (Å²) in [7, 11) is 1.74. The fourth-order valence-corrected chi connectivity index (χ4v) is 3.18. The first-order chi connectivity index (χ1) is 9.22. The number of aliphatic carboxylic acids is 1. The van der Waals surface area contributed by atoms with Crippen LogP contribution in [0.3, 0.4) is 0 Å². The lowest BCUT2D eigenvalue weighted by Gasteiger charge is -2.26. The van der Waals surface area contributed by atoms with Gasteiger partial charge in [0, 0.05) is 13.0 Å². The van der Waals surface area contributed by atoms with E-state index in [1.165, 1.54) is 0 Å². The minimum atomic E-state index is -0.800. The molecule has 0 aromatic carbocycles. The van der Waals surface area contributed by atoms with Crippen LogP contribution in [0.2, 0.25) is 0 Å². The van der Waals surface area contributed by atoms with E-state index in [1.54, 1.807) is 19.3 Å². The first kappa shape index (κ1) is 14.3. The Morgan fingerprint density at radius 3 is 2.63 bits per heavy atom. The van der Waals surface area contributed by atoms with Gasteiger partial charge in [-0.1, -0.05) is 24.3 Å². The van der Waals surface area contributed by atoms with Crippen LogP contribution in [-0.4, -0.2) is 37.0 Å². The zero-order valence-electron chi connectivity index (χ0n) is 11.3. The number of rotatable bonds is 7. The molecule has 4 atom stereocenters. The Balaban J connectivity index is 1.79. The van der Waals surface area contributed by atoms with Gasteiger partial charge in [-0.15, -0.1) is 0 Å². The van der Waals surface area contributed by atoms with E-state index in [9.17, 15) is 4.79 Å². The quantitative estimate of drug-likeness (QED) is 0.719. The number of hydrogen-bond donors (Lipinski definition) is 1. The zero-order valence-corrected chi connectivity index (χ0v) is 11.3. The van der Waals surface area contributed by atoms with Crippen molar-refractivity contribution < 1.29 is 19.4 Å². The highest BCUT2D eigenvalue weighted by atomic mass is 16.5. The van der Waals surface area contributed by atoms with E-state index in [-0.39, 0.29) is 6.42 Å². The van der Waals surface area contributed by atoms with Crippen LogP contribution in [0.4, 0.5) is 0 Å². The van der Waals surface area contributed by atoms with Crippen LogP contribution in [0.15, 0.2) is 24.3 Å². The molecule has 1 N–H and O–H groups in total. The molecule has 106 valence electrons. The number of carboxylic acid groups (broad SMARTS) is 1. The van der Waals surface area contributed by atoms with E-state index >= 15 is 0 Å². The van der Waals surface area contributed by atoms with Gasteiger partial charge in [-0.3, -0.25) is 4.79 Å². The topological polar surface area (TPSA) is 55.8 Å². The van der Waals surface area contributed by atoms with E-state index in [4.69, 9.17) is 14.6 Å². The average Bonchev–Trinajstić information content (AvgIpc) is 2.95. The Hall–Kier alpha value is -1.13. The van der Waals surface area contributed by atoms with Gasteiger partial charge in [-0.25, -0.2) is 0 Å². The first-order valence-corrected chi connectivity index (χ1v) is 6.90. The maximum Gasteiger partial charge on any atom is 0.307 e. The van der Waals surface area contributed by atoms with Crippen molar-refractivity contribution in [3.05, 3.63) is 24.3 Å². The van der Waals surface area contributed by atoms with E-state index in [0.717, 1.165) is 25.9 Å². The third kappa shape index (κ3) is 3.67. The summed E-state index contributed by atoms with van der Waals surface area (Å²) in [5.41, 5.74) is 0. The van der Waals surface area contributed by atoms with Gasteiger partial charge in [0.15, 0.2) is 0 Å². The van der Waals surface area contributed by atoms with Crippen molar-refractivity contribution in [1.82, 2.24) is 0 Å². The van der Waals surface area contributed by atoms with Crippen LogP contribution in [0.5, 0.6) is 0 Å². The monoisotopic (exact) mass is 266 g/mol. The molecule has 0 aromatic heterocycles. The van der Waals surface area contributed by atoms with E-state index in [0.29, 0.717) is 24.0 Å². The largest absolute Gasteiger partial charge is 0.481 e. The Bertz CT molecular complexity index is 361. The molecule has 0 saturated carbocycles. The molecule has 4 heteroatoms. The minimum absolute atomic E-state index is 0.0773. The van der Waals surface area contributed by atoms with Gasteiger partial charge in [0.2, 0.25) is 0 Å². The second kappa shape index (κ2) is 6.87. The lowest BCUT2D eigenvalue weighted by molar-refractivity contribution is -0.136. The summed E-state index contributed by atoms with van der Waals surface area (Å²) in [6.45, 7) is 0.772. The lowest BCUT2D eigenvalue weighted by atomic mass is 9.78. The molecule has 0 unspecified atom stereocenters. The molecule has 0 amide bonds. The number of methoxy groups -OCH3 is 1. The van der Waals surface area contributed by atoms with Crippen molar-refractivity contribution in [1.29, 1.82) is 0 Å². The third-order valence-electron chi connectivity index (χ3n) is 4.03. The summed E-state index contributed by atoms with van der Waals surface area (Å²) >= 11 is 0. The van der Waals surface area contributed by atoms with Gasteiger partial charge in [0.25, 0.3) is 0 Å². The first-order valence-electron chi connectivity index (χ1n) is 6.90. The summed E-state index contributed by atoms with van der Waals surface area (Å²) in [6, 6.07) is 0. The van der Waals surface area contributed by atoms with Crippen LogP contribution >= 0.6 is 0 Å². The number of allylic oxidation sites excluding steroid dienone is 3. The van der Waals surface area contributed by atoms with Crippen LogP contribution < -0.4 is 0 Å². The lowest BCUT2D eigenvalue weighted by Crippen LogP contribution is -2.30. The second-order valence-corrected chi connectivity index (χ2v) is 5.26. The molecular weight excluding hydrogens is 244 g/mol. The summed E-state index contributed by atoms with van der Waals surface area (Å²) in [5.74, 6) is 0.255. The standard InChI is InChI=1S/C15H22O4/c1-18-10-12-11(13-8-9-14(12)19-13)6-4-2-3-5-7-15(16)17/h2-5,11-14H,6-10H2,1H3,(H,16,17)/t11-,12+,13-,14+/m0/s1. The van der Waals surface area contributed by atoms with Crippen LogP contribution in [0, 0.1) is 11.8 Å². The van der Waals surface area contributed by atoms with Crippen LogP contribution in [-0.2, 0) is 14.3 Å². The maximum atomic E-state index is 10.3. The number of fused-ring (bicyclic) bond motifs is 2. The molecular formula is C15H22O4. The minimum Gasteiger partial charge on any atom is -0.481 e. The molecule has 4 nitrogen and oxygen atoms in total. The predicted octanol–water partition coefficient (Wildman–Crippen LogP) is 2.40. The van der Waals surface area contributed by atoms with Gasteiger partial charge in [0.05, 0.1) is 25.2 Å². The summed E-state index contributed by atoms with van der Waals surface area (Å²) < 4.78 is 11.2. The fraction of sp³-hybridized carbons (Fsp3) is 0.667. The smallest absolute Gasteiger partial charge is 0.307 e. The summed E-state index contributed by atoms with van der Waals surface area (Å²) in [4.78, 5) is 10.3. The molecule has 0 spiro atoms. The van der Waals surface area contributed by atoms with Crippen molar-refractivity contribution in [3.8, 4) is 0 Å². The predicted molar refractivity (Wildman–Crippen MR) is 71.9 cm³/mol. The van der Waals surface area contributed by atoms with E-state index in [1.807, 2.05) is 6.08 Å². The molecule has 0 aliphatic carbocycles. The molecule has 2 aliphatic rings. The molecule has 2 fully saturated rings. The Kier molecular flexibility index (Phi) is 5.16. The number of carbonyl (C=O) groups is 1. The Morgan fingerprint density at radius 2 is 1.95 bits per heavy atom. The molecule has 19 heavy (non-hydrogen) atoms. The van der Waals surface area contributed by atoms with Crippen molar-refractivity contribution >= 4 is 5.97 Å². The maximum absolute atomic E-state index is 10.3. The molecule has 2 aliphatic heterocycles. The number of hydrogen-bond acceptors (Lipinski definition) is 3. The molecule has 0 aromatic rings. The normalized spacial score (nSPS) is 33.7. The Morgan fingerprint density at radius 1 is 1.26 bits per heavy atom. The van der Waals surface area contributed by atoms with Crippen molar-refractivity contribution in [3.63, 3.8) is 0 Å². The number of ether oxygens (including phenoxy) is 2. The third-order valence-corrected chi connectivity index (χ3v) is 4.03. The SMILES string of the molecule is COC[C@@H]1[C@H](CC=CC=CCC(=O)O)[C@@H]2CC[C@H]1O2. The van der Waals surface area contributed by atoms with Gasteiger partial charge in [-0.2, -0.15) is 0 Å². The molecule has 2 rings (SSSR count). The van der Waals surface area contributed by atoms with Crippen molar-refractivity contribution in [2.24, 2.45) is 11.8 Å². The van der Waals surface area contributed by atoms with E-state index in [2.05, 4.69) is 6.08 Å². The van der Waals surface area contributed by atoms with Crippen LogP contribution in [0.25, 0.3) is 0 Å². The second-order valence-electron chi connectivity index (χ2n) is 5.26. The van der Waals surface area contributed by atoms with Gasteiger partial charge < -0.3 is 14.6 Å². The fourth-order valence-electron chi connectivity index (χ4n) is 3.18. The highest BCUT2D eigenvalue weighted by molar-refractivity contribution is 5.68. The zero-order chi connectivity index (χ0) is 13.7. The highest BCUT2D eigenvalue weighted by Gasteiger charge is 2.47. The average molecular weight is 266 g/mol. The summed E-state index contributed by atoms with van der Waals surface area (Å²) in [6.07, 6.45) is 11.6. The van der Waals surface area contributed by atoms with E-state index < -0.39 is 5.97 Å². The Labute approximate surface area is 114 Å².